The first kappa shape index (κ1) is 11.2. The molecule has 92 valence electrons. The van der Waals surface area contributed by atoms with Crippen molar-refractivity contribution in [1.82, 2.24) is 10.3 Å². The fourth-order valence-electron chi connectivity index (χ4n) is 2.06. The smallest absolute Gasteiger partial charge is 0.226 e. The maximum atomic E-state index is 11.7. The van der Waals surface area contributed by atoms with Crippen molar-refractivity contribution in [2.75, 3.05) is 0 Å². The highest BCUT2D eigenvalue weighted by Crippen LogP contribution is 2.19. The zero-order chi connectivity index (χ0) is 12.5. The van der Waals surface area contributed by atoms with Crippen LogP contribution >= 0.6 is 0 Å². The number of pyridine rings is 1. The van der Waals surface area contributed by atoms with Crippen LogP contribution in [0.15, 0.2) is 30.3 Å². The van der Waals surface area contributed by atoms with Crippen molar-refractivity contribution >= 4 is 16.8 Å². The highest BCUT2D eigenvalue weighted by Gasteiger charge is 2.23. The summed E-state index contributed by atoms with van der Waals surface area (Å²) in [5, 5.41) is 4.11. The first-order valence-corrected chi connectivity index (χ1v) is 6.36. The van der Waals surface area contributed by atoms with Gasteiger partial charge in [-0.2, -0.15) is 0 Å². The Bertz CT molecular complexity index is 602. The summed E-state index contributed by atoms with van der Waals surface area (Å²) in [5.41, 5.74) is 3.02. The largest absolute Gasteiger partial charge is 0.353 e. The van der Waals surface area contributed by atoms with E-state index < -0.39 is 0 Å². The first-order valence-electron chi connectivity index (χ1n) is 6.36. The van der Waals surface area contributed by atoms with Gasteiger partial charge in [0.25, 0.3) is 0 Å². The summed E-state index contributed by atoms with van der Waals surface area (Å²) < 4.78 is 0. The Morgan fingerprint density at radius 1 is 1.33 bits per heavy atom. The minimum Gasteiger partial charge on any atom is -0.353 e. The fourth-order valence-corrected chi connectivity index (χ4v) is 2.06. The summed E-state index contributed by atoms with van der Waals surface area (Å²) in [5.74, 6) is 0.0801. The van der Waals surface area contributed by atoms with E-state index in [4.69, 9.17) is 0 Å². The van der Waals surface area contributed by atoms with Gasteiger partial charge < -0.3 is 5.32 Å². The molecular formula is C15H16N2O. The highest BCUT2D eigenvalue weighted by atomic mass is 16.1. The Balaban J connectivity index is 1.79. The number of benzene rings is 1. The molecule has 1 saturated carbocycles. The molecule has 1 aliphatic rings. The number of fused-ring (bicyclic) bond motifs is 1. The average Bonchev–Trinajstić information content (AvgIpc) is 3.13. The Labute approximate surface area is 106 Å². The van der Waals surface area contributed by atoms with E-state index in [-0.39, 0.29) is 5.91 Å². The van der Waals surface area contributed by atoms with Crippen LogP contribution in [0.2, 0.25) is 0 Å². The number of carbonyl (C=O) groups excluding carboxylic acids is 1. The number of nitrogens with zero attached hydrogens (tertiary/aromatic N) is 1. The van der Waals surface area contributed by atoms with Crippen LogP contribution in [0.3, 0.4) is 0 Å². The van der Waals surface area contributed by atoms with Gasteiger partial charge in [-0.15, -0.1) is 0 Å². The molecule has 18 heavy (non-hydrogen) atoms. The van der Waals surface area contributed by atoms with Crippen LogP contribution < -0.4 is 5.32 Å². The molecule has 2 aromatic rings. The summed E-state index contributed by atoms with van der Waals surface area (Å²) in [6, 6.07) is 10.6. The molecule has 1 N–H and O–H groups in total. The molecule has 1 aliphatic carbocycles. The van der Waals surface area contributed by atoms with Gasteiger partial charge in [0.05, 0.1) is 17.6 Å². The minimum atomic E-state index is 0.0801. The average molecular weight is 240 g/mol. The summed E-state index contributed by atoms with van der Waals surface area (Å²) in [6.07, 6.45) is 2.62. The van der Waals surface area contributed by atoms with Crippen LogP contribution in [0.5, 0.6) is 0 Å². The molecule has 3 rings (SSSR count). The van der Waals surface area contributed by atoms with Gasteiger partial charge in [0.15, 0.2) is 0 Å². The lowest BCUT2D eigenvalue weighted by molar-refractivity contribution is -0.120. The van der Waals surface area contributed by atoms with E-state index in [1.165, 1.54) is 5.56 Å². The topological polar surface area (TPSA) is 42.0 Å². The molecule has 3 heteroatoms. The highest BCUT2D eigenvalue weighted by molar-refractivity contribution is 5.82. The van der Waals surface area contributed by atoms with Crippen molar-refractivity contribution in [3.63, 3.8) is 0 Å². The van der Waals surface area contributed by atoms with Gasteiger partial charge in [-0.3, -0.25) is 9.78 Å². The van der Waals surface area contributed by atoms with Crippen LogP contribution in [-0.2, 0) is 11.2 Å². The van der Waals surface area contributed by atoms with E-state index in [2.05, 4.69) is 23.3 Å². The number of hydrogen-bond donors (Lipinski definition) is 1. The number of aryl methyl sites for hydroxylation is 1. The second-order valence-electron chi connectivity index (χ2n) is 5.02. The van der Waals surface area contributed by atoms with Crippen molar-refractivity contribution in [3.8, 4) is 0 Å². The Morgan fingerprint density at radius 2 is 2.17 bits per heavy atom. The number of hydrogen-bond acceptors (Lipinski definition) is 2. The lowest BCUT2D eigenvalue weighted by atomic mass is 10.1. The summed E-state index contributed by atoms with van der Waals surface area (Å²) in [4.78, 5) is 16.2. The molecule has 0 radical (unpaired) electrons. The van der Waals surface area contributed by atoms with E-state index in [1.54, 1.807) is 0 Å². The van der Waals surface area contributed by atoms with E-state index >= 15 is 0 Å². The zero-order valence-electron chi connectivity index (χ0n) is 10.4. The molecule has 1 aromatic carbocycles. The molecule has 0 spiro atoms. The molecule has 0 saturated heterocycles. The predicted molar refractivity (Wildman–Crippen MR) is 71.3 cm³/mol. The molecule has 1 amide bonds. The fraction of sp³-hybridized carbons (Fsp3) is 0.333. The van der Waals surface area contributed by atoms with Gasteiger partial charge in [-0.1, -0.05) is 17.7 Å². The first-order chi connectivity index (χ1) is 8.70. The molecule has 3 nitrogen and oxygen atoms in total. The van der Waals surface area contributed by atoms with Gasteiger partial charge in [0.2, 0.25) is 5.91 Å². The van der Waals surface area contributed by atoms with Gasteiger partial charge in [-0.05, 0) is 38.0 Å². The van der Waals surface area contributed by atoms with Gasteiger partial charge >= 0.3 is 0 Å². The SMILES string of the molecule is Cc1ccc2nc(CC(=O)NC3CC3)ccc2c1. The second kappa shape index (κ2) is 4.41. The number of nitrogens with one attached hydrogen (secondary N) is 1. The van der Waals surface area contributed by atoms with Crippen molar-refractivity contribution < 1.29 is 4.79 Å². The normalized spacial score (nSPS) is 14.7. The Kier molecular flexibility index (Phi) is 2.74. The maximum Gasteiger partial charge on any atom is 0.226 e. The Hall–Kier alpha value is -1.90. The lowest BCUT2D eigenvalue weighted by Gasteiger charge is -2.05. The summed E-state index contributed by atoms with van der Waals surface area (Å²) >= 11 is 0. The summed E-state index contributed by atoms with van der Waals surface area (Å²) in [7, 11) is 0. The van der Waals surface area contributed by atoms with Crippen LogP contribution in [0, 0.1) is 6.92 Å². The predicted octanol–water partition coefficient (Wildman–Crippen LogP) is 2.36. The van der Waals surface area contributed by atoms with Gasteiger partial charge in [-0.25, -0.2) is 0 Å². The van der Waals surface area contributed by atoms with Crippen molar-refractivity contribution in [2.24, 2.45) is 0 Å². The van der Waals surface area contributed by atoms with E-state index in [0.717, 1.165) is 29.4 Å². The van der Waals surface area contributed by atoms with Crippen LogP contribution in [0.1, 0.15) is 24.1 Å². The second-order valence-corrected chi connectivity index (χ2v) is 5.02. The molecular weight excluding hydrogens is 224 g/mol. The molecule has 0 bridgehead atoms. The molecule has 0 atom stereocenters. The van der Waals surface area contributed by atoms with Crippen LogP contribution in [0.4, 0.5) is 0 Å². The molecule has 0 aliphatic heterocycles. The van der Waals surface area contributed by atoms with Crippen molar-refractivity contribution in [2.45, 2.75) is 32.2 Å². The van der Waals surface area contributed by atoms with E-state index in [0.29, 0.717) is 12.5 Å². The van der Waals surface area contributed by atoms with Crippen LogP contribution in [-0.4, -0.2) is 16.9 Å². The zero-order valence-corrected chi connectivity index (χ0v) is 10.4. The third kappa shape index (κ3) is 2.50. The number of amides is 1. The lowest BCUT2D eigenvalue weighted by Crippen LogP contribution is -2.27. The third-order valence-electron chi connectivity index (χ3n) is 3.19. The number of aromatic nitrogens is 1. The Morgan fingerprint density at radius 3 is 2.94 bits per heavy atom. The van der Waals surface area contributed by atoms with E-state index in [1.807, 2.05) is 24.3 Å². The quantitative estimate of drug-likeness (QED) is 0.895. The van der Waals surface area contributed by atoms with E-state index in [9.17, 15) is 4.79 Å². The standard InChI is InChI=1S/C15H16N2O/c1-10-2-7-14-11(8-10)3-4-13(16-14)9-15(18)17-12-5-6-12/h2-4,7-8,12H,5-6,9H2,1H3,(H,17,18). The molecule has 1 heterocycles. The molecule has 1 aromatic heterocycles. The summed E-state index contributed by atoms with van der Waals surface area (Å²) in [6.45, 7) is 2.07. The van der Waals surface area contributed by atoms with Crippen molar-refractivity contribution in [3.05, 3.63) is 41.6 Å². The maximum absolute atomic E-state index is 11.7. The van der Waals surface area contributed by atoms with Gasteiger partial charge in [0, 0.05) is 11.4 Å². The number of rotatable bonds is 3. The molecule has 1 fully saturated rings. The monoisotopic (exact) mass is 240 g/mol. The minimum absolute atomic E-state index is 0.0801. The van der Waals surface area contributed by atoms with Crippen LogP contribution in [0.25, 0.3) is 10.9 Å². The molecule has 0 unspecified atom stereocenters. The third-order valence-corrected chi connectivity index (χ3v) is 3.19. The van der Waals surface area contributed by atoms with Gasteiger partial charge in [0.1, 0.15) is 0 Å². The number of carbonyl (C=O) groups is 1. The van der Waals surface area contributed by atoms with Crippen molar-refractivity contribution in [1.29, 1.82) is 0 Å².